The van der Waals surface area contributed by atoms with Gasteiger partial charge in [-0.2, -0.15) is 15.0 Å². The van der Waals surface area contributed by atoms with Gasteiger partial charge in [-0.1, -0.05) is 25.1 Å². The van der Waals surface area contributed by atoms with E-state index in [4.69, 9.17) is 16.2 Å². The fourth-order valence-corrected chi connectivity index (χ4v) is 2.69. The molecular formula is C17H18N6O2. The molecule has 0 bridgehead atoms. The van der Waals surface area contributed by atoms with Crippen LogP contribution >= 0.6 is 0 Å². The van der Waals surface area contributed by atoms with E-state index in [0.717, 1.165) is 16.5 Å². The number of nitrogens with zero attached hydrogens (tertiary/aromatic N) is 4. The number of carbonyl (C=O) groups is 1. The van der Waals surface area contributed by atoms with Crippen LogP contribution in [0.15, 0.2) is 24.3 Å². The molecule has 0 unspecified atom stereocenters. The van der Waals surface area contributed by atoms with Crippen molar-refractivity contribution in [1.82, 2.24) is 19.9 Å². The van der Waals surface area contributed by atoms with E-state index in [2.05, 4.69) is 19.9 Å². The maximum absolute atomic E-state index is 12.6. The smallest absolute Gasteiger partial charge is 0.340 e. The Morgan fingerprint density at radius 1 is 1.08 bits per heavy atom. The van der Waals surface area contributed by atoms with Crippen molar-refractivity contribution >= 4 is 28.8 Å². The first-order valence-electron chi connectivity index (χ1n) is 7.80. The van der Waals surface area contributed by atoms with Crippen LogP contribution in [-0.4, -0.2) is 25.9 Å². The second-order valence-corrected chi connectivity index (χ2v) is 5.47. The number of nitrogen functional groups attached to an aromatic ring is 2. The Morgan fingerprint density at radius 3 is 2.44 bits per heavy atom. The number of carbonyl (C=O) groups excluding carboxylic acids is 1. The van der Waals surface area contributed by atoms with E-state index in [0.29, 0.717) is 17.7 Å². The molecule has 8 heteroatoms. The van der Waals surface area contributed by atoms with E-state index >= 15 is 0 Å². The van der Waals surface area contributed by atoms with Crippen LogP contribution in [0.4, 0.5) is 11.9 Å². The van der Waals surface area contributed by atoms with Gasteiger partial charge in [-0.25, -0.2) is 4.79 Å². The third-order valence-electron chi connectivity index (χ3n) is 3.81. The molecule has 0 radical (unpaired) electrons. The van der Waals surface area contributed by atoms with Gasteiger partial charge in [0.05, 0.1) is 16.8 Å². The number of benzene rings is 1. The minimum absolute atomic E-state index is 0.0173. The molecule has 3 aromatic rings. The van der Waals surface area contributed by atoms with Crippen LogP contribution in [0, 0.1) is 6.92 Å². The first-order valence-corrected chi connectivity index (χ1v) is 7.80. The molecule has 0 amide bonds. The van der Waals surface area contributed by atoms with Crippen molar-refractivity contribution in [1.29, 1.82) is 0 Å². The number of aromatic nitrogens is 4. The minimum Gasteiger partial charge on any atom is -0.454 e. The van der Waals surface area contributed by atoms with E-state index in [1.807, 2.05) is 38.1 Å². The Morgan fingerprint density at radius 2 is 1.76 bits per heavy atom. The molecule has 4 N–H and O–H groups in total. The molecule has 8 nitrogen and oxygen atoms in total. The average Bonchev–Trinajstić information content (AvgIpc) is 2.58. The summed E-state index contributed by atoms with van der Waals surface area (Å²) in [6, 6.07) is 7.68. The molecule has 25 heavy (non-hydrogen) atoms. The first-order chi connectivity index (χ1) is 12.0. The van der Waals surface area contributed by atoms with E-state index in [9.17, 15) is 4.79 Å². The number of esters is 1. The highest BCUT2D eigenvalue weighted by Crippen LogP contribution is 2.24. The molecule has 0 aliphatic rings. The van der Waals surface area contributed by atoms with Crippen molar-refractivity contribution in [2.24, 2.45) is 0 Å². The molecule has 2 aromatic heterocycles. The van der Waals surface area contributed by atoms with Gasteiger partial charge >= 0.3 is 5.97 Å². The SMILES string of the molecule is CCc1nc2ccccc2c(C)c1C(=O)OCc1nc(N)nc(N)n1. The van der Waals surface area contributed by atoms with Gasteiger partial charge in [0.15, 0.2) is 12.4 Å². The number of hydrogen-bond acceptors (Lipinski definition) is 8. The van der Waals surface area contributed by atoms with Crippen molar-refractivity contribution in [3.63, 3.8) is 0 Å². The number of para-hydroxylation sites is 1. The predicted octanol–water partition coefficient (Wildman–Crippen LogP) is 1.81. The molecule has 3 rings (SSSR count). The number of rotatable bonds is 4. The third-order valence-corrected chi connectivity index (χ3v) is 3.81. The fourth-order valence-electron chi connectivity index (χ4n) is 2.69. The molecule has 0 aliphatic carbocycles. The summed E-state index contributed by atoms with van der Waals surface area (Å²) < 4.78 is 5.35. The lowest BCUT2D eigenvalue weighted by atomic mass is 10.0. The number of hydrogen-bond donors (Lipinski definition) is 2. The van der Waals surface area contributed by atoms with Crippen molar-refractivity contribution in [3.05, 3.63) is 46.9 Å². The van der Waals surface area contributed by atoms with E-state index in [-0.39, 0.29) is 24.3 Å². The minimum atomic E-state index is -0.481. The Balaban J connectivity index is 1.92. The lowest BCUT2D eigenvalue weighted by Gasteiger charge is -2.13. The summed E-state index contributed by atoms with van der Waals surface area (Å²) in [5.41, 5.74) is 13.9. The van der Waals surface area contributed by atoms with Gasteiger partial charge in [0.2, 0.25) is 11.9 Å². The number of anilines is 2. The van der Waals surface area contributed by atoms with Crippen LogP contribution < -0.4 is 11.5 Å². The Hall–Kier alpha value is -3.29. The van der Waals surface area contributed by atoms with Gasteiger partial charge in [0.25, 0.3) is 0 Å². The van der Waals surface area contributed by atoms with Crippen molar-refractivity contribution < 1.29 is 9.53 Å². The Labute approximate surface area is 144 Å². The predicted molar refractivity (Wildman–Crippen MR) is 93.6 cm³/mol. The number of ether oxygens (including phenoxy) is 1. The van der Waals surface area contributed by atoms with Gasteiger partial charge in [-0.05, 0) is 25.0 Å². The van der Waals surface area contributed by atoms with E-state index in [1.165, 1.54) is 0 Å². The van der Waals surface area contributed by atoms with Crippen LogP contribution in [-0.2, 0) is 17.8 Å². The summed E-state index contributed by atoms with van der Waals surface area (Å²) in [6.07, 6.45) is 0.613. The molecular weight excluding hydrogens is 320 g/mol. The summed E-state index contributed by atoms with van der Waals surface area (Å²) in [6.45, 7) is 3.69. The standard InChI is InChI=1S/C17H18N6O2/c1-3-11-14(9(2)10-6-4-5-7-12(10)20-11)15(24)25-8-13-21-16(18)23-17(19)22-13/h4-7H,3,8H2,1-2H3,(H4,18,19,21,22,23). The van der Waals surface area contributed by atoms with Crippen LogP contribution in [0.5, 0.6) is 0 Å². The molecule has 1 aromatic carbocycles. The van der Waals surface area contributed by atoms with Crippen molar-refractivity contribution in [2.45, 2.75) is 26.9 Å². The highest BCUT2D eigenvalue weighted by Gasteiger charge is 2.19. The highest BCUT2D eigenvalue weighted by atomic mass is 16.5. The maximum atomic E-state index is 12.6. The largest absolute Gasteiger partial charge is 0.454 e. The summed E-state index contributed by atoms with van der Waals surface area (Å²) in [5.74, 6) is -0.319. The third kappa shape index (κ3) is 3.32. The van der Waals surface area contributed by atoms with Gasteiger partial charge in [0.1, 0.15) is 0 Å². The molecule has 0 atom stereocenters. The van der Waals surface area contributed by atoms with Gasteiger partial charge in [-0.15, -0.1) is 0 Å². The molecule has 0 saturated heterocycles. The zero-order valence-electron chi connectivity index (χ0n) is 14.0. The lowest BCUT2D eigenvalue weighted by molar-refractivity contribution is 0.0459. The Kier molecular flexibility index (Phi) is 4.42. The molecule has 2 heterocycles. The fraction of sp³-hybridized carbons (Fsp3) is 0.235. The normalized spacial score (nSPS) is 10.8. The maximum Gasteiger partial charge on any atom is 0.340 e. The van der Waals surface area contributed by atoms with Gasteiger partial charge < -0.3 is 16.2 Å². The van der Waals surface area contributed by atoms with E-state index < -0.39 is 5.97 Å². The highest BCUT2D eigenvalue weighted by molar-refractivity contribution is 5.98. The number of fused-ring (bicyclic) bond motifs is 1. The number of pyridine rings is 1. The zero-order valence-corrected chi connectivity index (χ0v) is 14.0. The van der Waals surface area contributed by atoms with Crippen LogP contribution in [0.3, 0.4) is 0 Å². The molecule has 0 saturated carbocycles. The lowest BCUT2D eigenvalue weighted by Crippen LogP contribution is -2.14. The summed E-state index contributed by atoms with van der Waals surface area (Å²) in [5, 5.41) is 0.917. The summed E-state index contributed by atoms with van der Waals surface area (Å²) >= 11 is 0. The monoisotopic (exact) mass is 338 g/mol. The van der Waals surface area contributed by atoms with Crippen molar-refractivity contribution in [2.75, 3.05) is 11.5 Å². The quantitative estimate of drug-likeness (QED) is 0.689. The number of nitrogens with two attached hydrogens (primary N) is 2. The molecule has 0 spiro atoms. The van der Waals surface area contributed by atoms with Crippen LogP contribution in [0.1, 0.15) is 34.4 Å². The van der Waals surface area contributed by atoms with E-state index in [1.54, 1.807) is 0 Å². The van der Waals surface area contributed by atoms with Gasteiger partial charge in [0, 0.05) is 5.39 Å². The topological polar surface area (TPSA) is 130 Å². The van der Waals surface area contributed by atoms with Crippen molar-refractivity contribution in [3.8, 4) is 0 Å². The second kappa shape index (κ2) is 6.68. The molecule has 128 valence electrons. The van der Waals surface area contributed by atoms with Crippen LogP contribution in [0.25, 0.3) is 10.9 Å². The molecule has 0 fully saturated rings. The van der Waals surface area contributed by atoms with Gasteiger partial charge in [-0.3, -0.25) is 4.98 Å². The molecule has 0 aliphatic heterocycles. The summed E-state index contributed by atoms with van der Waals surface area (Å²) in [4.78, 5) is 28.7. The second-order valence-electron chi connectivity index (χ2n) is 5.47. The summed E-state index contributed by atoms with van der Waals surface area (Å²) in [7, 11) is 0. The first kappa shape index (κ1) is 16.6. The Bertz CT molecular complexity index is 937. The number of aryl methyl sites for hydroxylation is 2. The average molecular weight is 338 g/mol. The van der Waals surface area contributed by atoms with Crippen LogP contribution in [0.2, 0.25) is 0 Å². The zero-order chi connectivity index (χ0) is 18.0.